The van der Waals surface area contributed by atoms with Crippen LogP contribution in [0.4, 0.5) is 10.1 Å². The predicted octanol–water partition coefficient (Wildman–Crippen LogP) is 4.12. The van der Waals surface area contributed by atoms with E-state index in [-0.39, 0.29) is 5.91 Å². The van der Waals surface area contributed by atoms with Gasteiger partial charge in [0.2, 0.25) is 0 Å². The molecule has 0 aliphatic rings. The van der Waals surface area contributed by atoms with E-state index in [0.29, 0.717) is 22.6 Å². The maximum Gasteiger partial charge on any atom is 0.259 e. The molecule has 0 fully saturated rings. The molecule has 2 aromatic heterocycles. The number of fused-ring (bicyclic) bond motifs is 1. The van der Waals surface area contributed by atoms with Gasteiger partial charge in [-0.15, -0.1) is 0 Å². The molecule has 0 bridgehead atoms. The van der Waals surface area contributed by atoms with Gasteiger partial charge in [0.25, 0.3) is 5.91 Å². The van der Waals surface area contributed by atoms with Crippen LogP contribution in [-0.4, -0.2) is 20.7 Å². The van der Waals surface area contributed by atoms with E-state index in [0.717, 1.165) is 10.9 Å². The zero-order valence-corrected chi connectivity index (χ0v) is 14.0. The summed E-state index contributed by atoms with van der Waals surface area (Å²) in [6, 6.07) is 15.6. The van der Waals surface area contributed by atoms with Gasteiger partial charge in [-0.3, -0.25) is 9.78 Å². The number of nitrogens with one attached hydrogen (secondary N) is 1. The summed E-state index contributed by atoms with van der Waals surface area (Å²) in [7, 11) is 0. The number of rotatable bonds is 3. The minimum absolute atomic E-state index is 0.304. The number of benzene rings is 2. The molecule has 4 rings (SSSR count). The van der Waals surface area contributed by atoms with Gasteiger partial charge in [-0.05, 0) is 43.3 Å². The van der Waals surface area contributed by atoms with Gasteiger partial charge < -0.3 is 5.32 Å². The number of amides is 1. The number of carbonyl (C=O) groups is 1. The monoisotopic (exact) mass is 346 g/mol. The van der Waals surface area contributed by atoms with Crippen LogP contribution in [0.1, 0.15) is 16.1 Å². The second-order valence-corrected chi connectivity index (χ2v) is 5.84. The van der Waals surface area contributed by atoms with Crippen LogP contribution in [-0.2, 0) is 0 Å². The molecule has 1 amide bonds. The van der Waals surface area contributed by atoms with E-state index in [4.69, 9.17) is 0 Å². The van der Waals surface area contributed by atoms with Crippen LogP contribution in [0.5, 0.6) is 0 Å². The lowest BCUT2D eigenvalue weighted by Gasteiger charge is -2.09. The van der Waals surface area contributed by atoms with Crippen LogP contribution >= 0.6 is 0 Å². The number of para-hydroxylation sites is 1. The first kappa shape index (κ1) is 16.0. The summed E-state index contributed by atoms with van der Waals surface area (Å²) in [4.78, 5) is 17.0. The Hall–Kier alpha value is -3.54. The lowest BCUT2D eigenvalue weighted by molar-refractivity contribution is 0.102. The molecule has 0 atom stereocenters. The zero-order chi connectivity index (χ0) is 18.1. The zero-order valence-electron chi connectivity index (χ0n) is 14.0. The van der Waals surface area contributed by atoms with Crippen LogP contribution < -0.4 is 5.32 Å². The Morgan fingerprint density at radius 2 is 1.92 bits per heavy atom. The highest BCUT2D eigenvalue weighted by Gasteiger charge is 2.17. The second-order valence-electron chi connectivity index (χ2n) is 5.84. The normalized spacial score (nSPS) is 10.8. The standard InChI is InChI=1S/C20H15FN4O/c1-13-15(12-23-25(13)19-10-3-2-7-16(19)21)20(26)24-18-9-4-8-17-14(18)6-5-11-22-17/h2-12H,1H3,(H,24,26). The maximum atomic E-state index is 14.0. The average Bonchev–Trinajstić information content (AvgIpc) is 3.04. The highest BCUT2D eigenvalue weighted by molar-refractivity contribution is 6.09. The van der Waals surface area contributed by atoms with Gasteiger partial charge in [-0.2, -0.15) is 5.10 Å². The van der Waals surface area contributed by atoms with Crippen molar-refractivity contribution in [1.82, 2.24) is 14.8 Å². The Morgan fingerprint density at radius 1 is 1.08 bits per heavy atom. The van der Waals surface area contributed by atoms with E-state index >= 15 is 0 Å². The Kier molecular flexibility index (Phi) is 3.93. The first-order valence-electron chi connectivity index (χ1n) is 8.10. The third-order valence-corrected chi connectivity index (χ3v) is 4.23. The fraction of sp³-hybridized carbons (Fsp3) is 0.0500. The molecule has 2 heterocycles. The van der Waals surface area contributed by atoms with Crippen molar-refractivity contribution in [3.8, 4) is 5.69 Å². The van der Waals surface area contributed by atoms with Gasteiger partial charge in [0.1, 0.15) is 11.5 Å². The summed E-state index contributed by atoms with van der Waals surface area (Å²) < 4.78 is 15.4. The average molecular weight is 346 g/mol. The largest absolute Gasteiger partial charge is 0.321 e. The minimum Gasteiger partial charge on any atom is -0.321 e. The maximum absolute atomic E-state index is 14.0. The molecule has 0 unspecified atom stereocenters. The molecule has 4 aromatic rings. The Morgan fingerprint density at radius 3 is 2.77 bits per heavy atom. The Labute approximate surface area is 149 Å². The Bertz CT molecular complexity index is 1110. The van der Waals surface area contributed by atoms with E-state index < -0.39 is 5.82 Å². The first-order chi connectivity index (χ1) is 12.6. The number of halogens is 1. The van der Waals surface area contributed by atoms with Crippen LogP contribution in [0.2, 0.25) is 0 Å². The fourth-order valence-electron chi connectivity index (χ4n) is 2.90. The third kappa shape index (κ3) is 2.71. The van der Waals surface area contributed by atoms with Gasteiger partial charge in [0, 0.05) is 11.6 Å². The molecular formula is C20H15FN4O. The summed E-state index contributed by atoms with van der Waals surface area (Å²) in [6.45, 7) is 1.74. The van der Waals surface area contributed by atoms with Gasteiger partial charge in [-0.1, -0.05) is 18.2 Å². The van der Waals surface area contributed by atoms with Crippen LogP contribution in [0, 0.1) is 12.7 Å². The summed E-state index contributed by atoms with van der Waals surface area (Å²) in [5.41, 5.74) is 2.71. The number of carbonyl (C=O) groups excluding carboxylic acids is 1. The molecule has 128 valence electrons. The number of hydrogen-bond donors (Lipinski definition) is 1. The van der Waals surface area contributed by atoms with Crippen molar-refractivity contribution >= 4 is 22.5 Å². The second kappa shape index (κ2) is 6.40. The van der Waals surface area contributed by atoms with E-state index in [9.17, 15) is 9.18 Å². The van der Waals surface area contributed by atoms with E-state index in [1.807, 2.05) is 30.3 Å². The van der Waals surface area contributed by atoms with E-state index in [1.165, 1.54) is 16.9 Å². The van der Waals surface area contributed by atoms with Gasteiger partial charge >= 0.3 is 0 Å². The van der Waals surface area contributed by atoms with Crippen molar-refractivity contribution in [1.29, 1.82) is 0 Å². The van der Waals surface area contributed by atoms with Crippen molar-refractivity contribution in [3.05, 3.63) is 84.1 Å². The number of nitrogens with zero attached hydrogens (tertiary/aromatic N) is 3. The molecule has 6 heteroatoms. The predicted molar refractivity (Wildman–Crippen MR) is 98.0 cm³/mol. The fourth-order valence-corrected chi connectivity index (χ4v) is 2.90. The topological polar surface area (TPSA) is 59.8 Å². The molecule has 0 aliphatic carbocycles. The SMILES string of the molecule is Cc1c(C(=O)Nc2cccc3ncccc23)cnn1-c1ccccc1F. The third-order valence-electron chi connectivity index (χ3n) is 4.23. The van der Waals surface area contributed by atoms with Crippen LogP contribution in [0.15, 0.2) is 67.0 Å². The molecule has 1 N–H and O–H groups in total. The molecule has 2 aromatic carbocycles. The van der Waals surface area contributed by atoms with Gasteiger partial charge in [0.15, 0.2) is 0 Å². The summed E-state index contributed by atoms with van der Waals surface area (Å²) in [6.07, 6.45) is 3.15. The van der Waals surface area contributed by atoms with Crippen molar-refractivity contribution in [2.45, 2.75) is 6.92 Å². The first-order valence-corrected chi connectivity index (χ1v) is 8.10. The molecule has 0 saturated carbocycles. The smallest absolute Gasteiger partial charge is 0.259 e. The lowest BCUT2D eigenvalue weighted by Crippen LogP contribution is -2.13. The van der Waals surface area contributed by atoms with Crippen molar-refractivity contribution in [2.24, 2.45) is 0 Å². The number of aromatic nitrogens is 3. The van der Waals surface area contributed by atoms with Crippen LogP contribution in [0.25, 0.3) is 16.6 Å². The number of hydrogen-bond acceptors (Lipinski definition) is 3. The van der Waals surface area contributed by atoms with Crippen molar-refractivity contribution < 1.29 is 9.18 Å². The highest BCUT2D eigenvalue weighted by atomic mass is 19.1. The highest BCUT2D eigenvalue weighted by Crippen LogP contribution is 2.23. The molecule has 0 radical (unpaired) electrons. The summed E-state index contributed by atoms with van der Waals surface area (Å²) in [5.74, 6) is -0.702. The lowest BCUT2D eigenvalue weighted by atomic mass is 10.1. The molecule has 26 heavy (non-hydrogen) atoms. The minimum atomic E-state index is -0.397. The number of pyridine rings is 1. The van der Waals surface area contributed by atoms with Crippen molar-refractivity contribution in [3.63, 3.8) is 0 Å². The van der Waals surface area contributed by atoms with E-state index in [2.05, 4.69) is 15.4 Å². The quantitative estimate of drug-likeness (QED) is 0.607. The summed E-state index contributed by atoms with van der Waals surface area (Å²) in [5, 5.41) is 7.92. The molecule has 5 nitrogen and oxygen atoms in total. The molecular weight excluding hydrogens is 331 g/mol. The molecule has 0 spiro atoms. The van der Waals surface area contributed by atoms with E-state index in [1.54, 1.807) is 31.3 Å². The van der Waals surface area contributed by atoms with Crippen molar-refractivity contribution in [2.75, 3.05) is 5.32 Å². The van der Waals surface area contributed by atoms with Gasteiger partial charge in [0.05, 0.1) is 28.7 Å². The Balaban J connectivity index is 1.68. The number of anilines is 1. The molecule has 0 saturated heterocycles. The molecule has 0 aliphatic heterocycles. The van der Waals surface area contributed by atoms with Gasteiger partial charge in [-0.25, -0.2) is 9.07 Å². The van der Waals surface area contributed by atoms with Crippen LogP contribution in [0.3, 0.4) is 0 Å². The summed E-state index contributed by atoms with van der Waals surface area (Å²) >= 11 is 0.